The van der Waals surface area contributed by atoms with E-state index in [1.165, 1.54) is 24.0 Å². The van der Waals surface area contributed by atoms with Crippen LogP contribution in [0.3, 0.4) is 0 Å². The fourth-order valence-corrected chi connectivity index (χ4v) is 2.28. The van der Waals surface area contributed by atoms with Crippen LogP contribution in [0.4, 0.5) is 0 Å². The Morgan fingerprint density at radius 3 is 2.18 bits per heavy atom. The first-order valence-electron chi connectivity index (χ1n) is 6.36. The lowest BCUT2D eigenvalue weighted by molar-refractivity contribution is 0.542. The van der Waals surface area contributed by atoms with Crippen LogP contribution < -0.4 is 5.32 Å². The summed E-state index contributed by atoms with van der Waals surface area (Å²) in [6.45, 7) is 7.66. The monoisotopic (exact) mass is 251 g/mol. The molecule has 1 aliphatic rings. The molecule has 1 nitrogen and oxygen atoms in total. The van der Waals surface area contributed by atoms with Gasteiger partial charge in [-0.2, -0.15) is 0 Å². The summed E-state index contributed by atoms with van der Waals surface area (Å²) in [6, 6.07) is 8.91. The fourth-order valence-electron chi connectivity index (χ4n) is 1.92. The lowest BCUT2D eigenvalue weighted by Gasteiger charge is -2.19. The van der Waals surface area contributed by atoms with Crippen molar-refractivity contribution in [3.63, 3.8) is 0 Å². The summed E-state index contributed by atoms with van der Waals surface area (Å²) >= 11 is 5.94. The molecule has 0 heterocycles. The Morgan fingerprint density at radius 2 is 1.76 bits per heavy atom. The highest BCUT2D eigenvalue weighted by atomic mass is 35.5. The largest absolute Gasteiger partial charge is 0.306 e. The van der Waals surface area contributed by atoms with E-state index in [1.807, 2.05) is 0 Å². The second-order valence-corrected chi connectivity index (χ2v) is 6.48. The number of nitrogens with one attached hydrogen (secondary N) is 1. The summed E-state index contributed by atoms with van der Waals surface area (Å²) in [5, 5.41) is 3.56. The van der Waals surface area contributed by atoms with E-state index in [-0.39, 0.29) is 11.0 Å². The van der Waals surface area contributed by atoms with Crippen LogP contribution in [0.5, 0.6) is 0 Å². The summed E-state index contributed by atoms with van der Waals surface area (Å²) in [4.78, 5) is 0. The van der Waals surface area contributed by atoms with Gasteiger partial charge in [-0.05, 0) is 29.4 Å². The van der Waals surface area contributed by atoms with Crippen molar-refractivity contribution in [1.29, 1.82) is 0 Å². The van der Waals surface area contributed by atoms with E-state index < -0.39 is 0 Å². The molecule has 0 saturated heterocycles. The third-order valence-electron chi connectivity index (χ3n) is 3.60. The predicted octanol–water partition coefficient (Wildman–Crippen LogP) is 3.85. The van der Waals surface area contributed by atoms with Gasteiger partial charge in [0.15, 0.2) is 0 Å². The van der Waals surface area contributed by atoms with Crippen molar-refractivity contribution in [2.24, 2.45) is 0 Å². The molecule has 0 unspecified atom stereocenters. The Hall–Kier alpha value is -0.530. The van der Waals surface area contributed by atoms with Crippen LogP contribution in [0.2, 0.25) is 0 Å². The van der Waals surface area contributed by atoms with Gasteiger partial charge in [0.2, 0.25) is 0 Å². The van der Waals surface area contributed by atoms with Crippen molar-refractivity contribution in [1.82, 2.24) is 5.32 Å². The number of hydrogen-bond acceptors (Lipinski definition) is 1. The van der Waals surface area contributed by atoms with Gasteiger partial charge in [0.25, 0.3) is 0 Å². The Balaban J connectivity index is 1.94. The molecule has 0 spiro atoms. The molecule has 1 N–H and O–H groups in total. The molecular formula is C15H22ClN. The van der Waals surface area contributed by atoms with E-state index in [9.17, 15) is 0 Å². The van der Waals surface area contributed by atoms with Crippen molar-refractivity contribution < 1.29 is 0 Å². The quantitative estimate of drug-likeness (QED) is 0.802. The van der Waals surface area contributed by atoms with Crippen molar-refractivity contribution in [3.8, 4) is 0 Å². The standard InChI is InChI=1S/C15H22ClN/c1-14(2,3)13-6-4-12(5-7-13)10-17-15(11-16)8-9-15/h4-7,17H,8-11H2,1-3H3. The van der Waals surface area contributed by atoms with Gasteiger partial charge >= 0.3 is 0 Å². The molecule has 2 rings (SSSR count). The Morgan fingerprint density at radius 1 is 1.18 bits per heavy atom. The first-order valence-corrected chi connectivity index (χ1v) is 6.89. The van der Waals surface area contributed by atoms with Gasteiger partial charge in [-0.3, -0.25) is 0 Å². The molecular weight excluding hydrogens is 230 g/mol. The number of benzene rings is 1. The molecule has 1 fully saturated rings. The van der Waals surface area contributed by atoms with Crippen molar-refractivity contribution in [3.05, 3.63) is 35.4 Å². The lowest BCUT2D eigenvalue weighted by Crippen LogP contribution is -2.32. The van der Waals surface area contributed by atoms with E-state index in [4.69, 9.17) is 11.6 Å². The van der Waals surface area contributed by atoms with Crippen LogP contribution >= 0.6 is 11.6 Å². The smallest absolute Gasteiger partial charge is 0.0406 e. The average molecular weight is 252 g/mol. The summed E-state index contributed by atoms with van der Waals surface area (Å²) in [7, 11) is 0. The number of halogens is 1. The van der Waals surface area contributed by atoms with E-state index >= 15 is 0 Å². The topological polar surface area (TPSA) is 12.0 Å². The summed E-state index contributed by atoms with van der Waals surface area (Å²) in [6.07, 6.45) is 2.44. The first kappa shape index (κ1) is 12.9. The molecule has 2 heteroatoms. The van der Waals surface area contributed by atoms with E-state index in [0.717, 1.165) is 12.4 Å². The average Bonchev–Trinajstić information content (AvgIpc) is 3.06. The zero-order chi connectivity index (χ0) is 12.5. The molecule has 17 heavy (non-hydrogen) atoms. The maximum Gasteiger partial charge on any atom is 0.0406 e. The highest BCUT2D eigenvalue weighted by Crippen LogP contribution is 2.36. The van der Waals surface area contributed by atoms with Gasteiger partial charge in [-0.1, -0.05) is 45.0 Å². The minimum Gasteiger partial charge on any atom is -0.306 e. The Kier molecular flexibility index (Phi) is 3.51. The molecule has 0 radical (unpaired) electrons. The maximum atomic E-state index is 5.94. The van der Waals surface area contributed by atoms with Crippen LogP contribution in [0, 0.1) is 0 Å². The summed E-state index contributed by atoms with van der Waals surface area (Å²) in [5.74, 6) is 0.729. The van der Waals surface area contributed by atoms with Gasteiger partial charge in [0.1, 0.15) is 0 Å². The predicted molar refractivity (Wildman–Crippen MR) is 74.7 cm³/mol. The second kappa shape index (κ2) is 4.62. The zero-order valence-electron chi connectivity index (χ0n) is 11.0. The molecule has 0 aromatic heterocycles. The SMILES string of the molecule is CC(C)(C)c1ccc(CNC2(CCl)CC2)cc1. The zero-order valence-corrected chi connectivity index (χ0v) is 11.8. The van der Waals surface area contributed by atoms with Crippen molar-refractivity contribution >= 4 is 11.6 Å². The van der Waals surface area contributed by atoms with E-state index in [2.05, 4.69) is 50.4 Å². The highest BCUT2D eigenvalue weighted by Gasteiger charge is 2.40. The van der Waals surface area contributed by atoms with Gasteiger partial charge in [-0.25, -0.2) is 0 Å². The highest BCUT2D eigenvalue weighted by molar-refractivity contribution is 6.18. The molecule has 94 valence electrons. The van der Waals surface area contributed by atoms with Gasteiger partial charge in [0, 0.05) is 18.0 Å². The van der Waals surface area contributed by atoms with Crippen LogP contribution in [0.25, 0.3) is 0 Å². The lowest BCUT2D eigenvalue weighted by atomic mass is 9.87. The summed E-state index contributed by atoms with van der Waals surface area (Å²) in [5.41, 5.74) is 3.21. The van der Waals surface area contributed by atoms with Crippen molar-refractivity contribution in [2.45, 2.75) is 51.1 Å². The number of alkyl halides is 1. The maximum absolute atomic E-state index is 5.94. The van der Waals surface area contributed by atoms with Crippen LogP contribution in [0.15, 0.2) is 24.3 Å². The third kappa shape index (κ3) is 3.23. The van der Waals surface area contributed by atoms with Crippen LogP contribution in [-0.2, 0) is 12.0 Å². The number of rotatable bonds is 4. The summed E-state index contributed by atoms with van der Waals surface area (Å²) < 4.78 is 0. The first-order chi connectivity index (χ1) is 7.95. The fraction of sp³-hybridized carbons (Fsp3) is 0.600. The normalized spacial score (nSPS) is 18.1. The minimum atomic E-state index is 0.236. The molecule has 0 atom stereocenters. The third-order valence-corrected chi connectivity index (χ3v) is 4.11. The molecule has 1 saturated carbocycles. The van der Waals surface area contributed by atoms with Gasteiger partial charge < -0.3 is 5.32 Å². The molecule has 1 aliphatic carbocycles. The molecule has 1 aromatic carbocycles. The minimum absolute atomic E-state index is 0.236. The Labute approximate surface area is 110 Å². The van der Waals surface area contributed by atoms with Crippen molar-refractivity contribution in [2.75, 3.05) is 5.88 Å². The molecule has 0 bridgehead atoms. The van der Waals surface area contributed by atoms with Gasteiger partial charge in [-0.15, -0.1) is 11.6 Å². The molecule has 0 aliphatic heterocycles. The second-order valence-electron chi connectivity index (χ2n) is 6.21. The van der Waals surface area contributed by atoms with E-state index in [0.29, 0.717) is 0 Å². The van der Waals surface area contributed by atoms with E-state index in [1.54, 1.807) is 0 Å². The Bertz CT molecular complexity index is 371. The van der Waals surface area contributed by atoms with Crippen LogP contribution in [0.1, 0.15) is 44.7 Å². The van der Waals surface area contributed by atoms with Gasteiger partial charge in [0.05, 0.1) is 0 Å². The van der Waals surface area contributed by atoms with Crippen LogP contribution in [-0.4, -0.2) is 11.4 Å². The molecule has 0 amide bonds. The molecule has 1 aromatic rings. The number of hydrogen-bond donors (Lipinski definition) is 1.